The summed E-state index contributed by atoms with van der Waals surface area (Å²) >= 11 is 1.79. The molecule has 0 aromatic heterocycles. The smallest absolute Gasteiger partial charge is 0.225 e. The first-order chi connectivity index (χ1) is 15.7. The third-order valence-corrected chi connectivity index (χ3v) is 7.09. The Hall–Kier alpha value is -2.18. The number of nitrogens with zero attached hydrogens (tertiary/aromatic N) is 3. The minimum atomic E-state index is -0.0133. The number of thioether (sulfide) groups is 1. The Morgan fingerprint density at radius 2 is 1.73 bits per heavy atom. The lowest BCUT2D eigenvalue weighted by Gasteiger charge is -2.35. The van der Waals surface area contributed by atoms with Crippen molar-refractivity contribution >= 4 is 40.9 Å². The van der Waals surface area contributed by atoms with Crippen molar-refractivity contribution in [3.63, 3.8) is 0 Å². The van der Waals surface area contributed by atoms with Gasteiger partial charge in [0.25, 0.3) is 0 Å². The van der Waals surface area contributed by atoms with Crippen molar-refractivity contribution in [1.29, 1.82) is 0 Å². The number of para-hydroxylation sites is 1. The van der Waals surface area contributed by atoms with Crippen LogP contribution in [-0.4, -0.2) is 40.5 Å². The number of benzene rings is 2. The van der Waals surface area contributed by atoms with Gasteiger partial charge in [0.05, 0.1) is 6.04 Å². The molecule has 0 bridgehead atoms. The van der Waals surface area contributed by atoms with E-state index in [1.54, 1.807) is 18.7 Å². The van der Waals surface area contributed by atoms with Gasteiger partial charge in [-0.2, -0.15) is 0 Å². The zero-order chi connectivity index (χ0) is 22.3. The summed E-state index contributed by atoms with van der Waals surface area (Å²) in [7, 11) is 0. The lowest BCUT2D eigenvalue weighted by atomic mass is 9.96. The van der Waals surface area contributed by atoms with Crippen molar-refractivity contribution in [3.8, 4) is 11.5 Å². The van der Waals surface area contributed by atoms with Crippen molar-refractivity contribution in [2.75, 3.05) is 17.2 Å². The predicted molar refractivity (Wildman–Crippen MR) is 141 cm³/mol. The van der Waals surface area contributed by atoms with E-state index in [0.29, 0.717) is 6.04 Å². The molecule has 33 heavy (non-hydrogen) atoms. The number of carbonyl (C=O) groups excluding carboxylic acids is 1. The third kappa shape index (κ3) is 6.45. The van der Waals surface area contributed by atoms with Gasteiger partial charge in [-0.25, -0.2) is 0 Å². The van der Waals surface area contributed by atoms with Crippen molar-refractivity contribution in [3.05, 3.63) is 54.6 Å². The number of anilines is 1. The molecule has 2 aromatic rings. The molecule has 0 N–H and O–H groups in total. The fraction of sp³-hybridized carbons (Fsp3) is 0.462. The number of halogens is 1. The molecular formula is C26H34ClN3O2S. The van der Waals surface area contributed by atoms with Crippen molar-refractivity contribution in [2.24, 2.45) is 4.99 Å². The van der Waals surface area contributed by atoms with Crippen molar-refractivity contribution in [1.82, 2.24) is 4.90 Å². The zero-order valence-corrected chi connectivity index (χ0v) is 21.1. The van der Waals surface area contributed by atoms with Crippen LogP contribution in [0.25, 0.3) is 0 Å². The Labute approximate surface area is 208 Å². The summed E-state index contributed by atoms with van der Waals surface area (Å²) in [5.41, 5.74) is 0.892. The molecule has 2 aliphatic rings. The van der Waals surface area contributed by atoms with E-state index < -0.39 is 0 Å². The Kier molecular flexibility index (Phi) is 9.51. The number of carbonyl (C=O) groups is 1. The van der Waals surface area contributed by atoms with E-state index in [9.17, 15) is 4.79 Å². The monoisotopic (exact) mass is 487 g/mol. The van der Waals surface area contributed by atoms with Crippen LogP contribution in [0, 0.1) is 0 Å². The first-order valence-electron chi connectivity index (χ1n) is 11.8. The van der Waals surface area contributed by atoms with Gasteiger partial charge in [-0.3, -0.25) is 14.7 Å². The molecule has 1 amide bonds. The van der Waals surface area contributed by atoms with Gasteiger partial charge in [-0.05, 0) is 55.7 Å². The molecule has 4 rings (SSSR count). The maximum atomic E-state index is 12.8. The third-order valence-electron chi connectivity index (χ3n) is 6.03. The van der Waals surface area contributed by atoms with E-state index in [2.05, 4.69) is 11.8 Å². The lowest BCUT2D eigenvalue weighted by molar-refractivity contribution is -0.117. The highest BCUT2D eigenvalue weighted by Crippen LogP contribution is 2.33. The molecule has 1 heterocycles. The molecule has 178 valence electrons. The second-order valence-electron chi connectivity index (χ2n) is 8.49. The number of hydrogen-bond donors (Lipinski definition) is 0. The molecule has 0 radical (unpaired) electrons. The molecular weight excluding hydrogens is 454 g/mol. The molecule has 1 atom stereocenters. The SMILES string of the molecule is CCCN1C(=NC2CCCCC2)SCC1N(C(C)=O)c1ccc(Oc2ccccc2)cc1.Cl. The van der Waals surface area contributed by atoms with Gasteiger partial charge in [0.1, 0.15) is 17.7 Å². The number of amides is 1. The maximum absolute atomic E-state index is 12.8. The first kappa shape index (κ1) is 25.4. The van der Waals surface area contributed by atoms with E-state index in [1.807, 2.05) is 59.5 Å². The molecule has 1 saturated carbocycles. The van der Waals surface area contributed by atoms with Gasteiger partial charge in [0, 0.05) is 24.9 Å². The molecule has 1 aliphatic carbocycles. The average molecular weight is 488 g/mol. The number of aliphatic imine (C=N–C) groups is 1. The fourth-order valence-electron chi connectivity index (χ4n) is 4.49. The Morgan fingerprint density at radius 3 is 2.36 bits per heavy atom. The number of ether oxygens (including phenoxy) is 1. The largest absolute Gasteiger partial charge is 0.457 e. The molecule has 1 unspecified atom stereocenters. The highest BCUT2D eigenvalue weighted by Gasteiger charge is 2.36. The summed E-state index contributed by atoms with van der Waals surface area (Å²) in [5.74, 6) is 2.45. The molecule has 0 spiro atoms. The van der Waals surface area contributed by atoms with Crippen LogP contribution < -0.4 is 9.64 Å². The molecule has 1 aliphatic heterocycles. The maximum Gasteiger partial charge on any atom is 0.225 e. The van der Waals surface area contributed by atoms with Crippen LogP contribution in [0.2, 0.25) is 0 Å². The molecule has 7 heteroatoms. The highest BCUT2D eigenvalue weighted by atomic mass is 35.5. The quantitative estimate of drug-likeness (QED) is 0.434. The number of rotatable bonds is 7. The molecule has 2 fully saturated rings. The number of hydrogen-bond acceptors (Lipinski definition) is 4. The second kappa shape index (κ2) is 12.3. The zero-order valence-electron chi connectivity index (χ0n) is 19.5. The normalized spacial score (nSPS) is 19.9. The van der Waals surface area contributed by atoms with Gasteiger partial charge in [-0.15, -0.1) is 12.4 Å². The van der Waals surface area contributed by atoms with E-state index in [1.165, 1.54) is 32.1 Å². The first-order valence-corrected chi connectivity index (χ1v) is 12.7. The standard InChI is InChI=1S/C26H33N3O2S.ClH/c1-3-18-28-25(19-32-26(28)27-21-10-6-4-7-11-21)29(20(2)30)22-14-16-24(17-15-22)31-23-12-8-5-9-13-23;/h5,8-9,12-17,21,25H,3-4,6-7,10-11,18-19H2,1-2H3;1H. The Morgan fingerprint density at radius 1 is 1.06 bits per heavy atom. The summed E-state index contributed by atoms with van der Waals surface area (Å²) in [5, 5.41) is 1.11. The van der Waals surface area contributed by atoms with E-state index in [0.717, 1.165) is 41.1 Å². The second-order valence-corrected chi connectivity index (χ2v) is 9.47. The van der Waals surface area contributed by atoms with Gasteiger partial charge in [0.2, 0.25) is 5.91 Å². The molecule has 5 nitrogen and oxygen atoms in total. The summed E-state index contributed by atoms with van der Waals surface area (Å²) in [4.78, 5) is 22.2. The van der Waals surface area contributed by atoms with Crippen LogP contribution in [-0.2, 0) is 4.79 Å². The van der Waals surface area contributed by atoms with Crippen LogP contribution in [0.5, 0.6) is 11.5 Å². The number of amidine groups is 1. The van der Waals surface area contributed by atoms with Gasteiger partial charge in [0.15, 0.2) is 5.17 Å². The van der Waals surface area contributed by atoms with Crippen LogP contribution in [0.15, 0.2) is 59.6 Å². The van der Waals surface area contributed by atoms with Gasteiger partial charge >= 0.3 is 0 Å². The van der Waals surface area contributed by atoms with Crippen LogP contribution in [0.1, 0.15) is 52.4 Å². The lowest BCUT2D eigenvalue weighted by Crippen LogP contribution is -2.50. The van der Waals surface area contributed by atoms with Crippen LogP contribution >= 0.6 is 24.2 Å². The van der Waals surface area contributed by atoms with E-state index >= 15 is 0 Å². The summed E-state index contributed by atoms with van der Waals surface area (Å²) in [6, 6.07) is 18.0. The summed E-state index contributed by atoms with van der Waals surface area (Å²) in [6.45, 7) is 4.74. The Bertz CT molecular complexity index is 917. The minimum absolute atomic E-state index is 0. The van der Waals surface area contributed by atoms with Crippen molar-refractivity contribution < 1.29 is 9.53 Å². The van der Waals surface area contributed by atoms with E-state index in [-0.39, 0.29) is 24.5 Å². The minimum Gasteiger partial charge on any atom is -0.457 e. The average Bonchev–Trinajstić information content (AvgIpc) is 3.18. The van der Waals surface area contributed by atoms with Crippen LogP contribution in [0.3, 0.4) is 0 Å². The highest BCUT2D eigenvalue weighted by molar-refractivity contribution is 8.14. The van der Waals surface area contributed by atoms with Gasteiger partial charge < -0.3 is 9.64 Å². The predicted octanol–water partition coefficient (Wildman–Crippen LogP) is 6.73. The Balaban J connectivity index is 0.00000306. The topological polar surface area (TPSA) is 45.1 Å². The van der Waals surface area contributed by atoms with Gasteiger partial charge in [-0.1, -0.05) is 56.1 Å². The van der Waals surface area contributed by atoms with Crippen LogP contribution in [0.4, 0.5) is 5.69 Å². The summed E-state index contributed by atoms with van der Waals surface area (Å²) in [6.07, 6.45) is 7.28. The molecule has 1 saturated heterocycles. The van der Waals surface area contributed by atoms with E-state index in [4.69, 9.17) is 9.73 Å². The molecule has 2 aromatic carbocycles. The fourth-order valence-corrected chi connectivity index (χ4v) is 5.72. The van der Waals surface area contributed by atoms with Crippen molar-refractivity contribution in [2.45, 2.75) is 64.6 Å². The summed E-state index contributed by atoms with van der Waals surface area (Å²) < 4.78 is 5.92.